The van der Waals surface area contributed by atoms with Crippen LogP contribution in [0.5, 0.6) is 0 Å². The summed E-state index contributed by atoms with van der Waals surface area (Å²) in [4.78, 5) is 11.0. The van der Waals surface area contributed by atoms with Gasteiger partial charge >= 0.3 is 5.97 Å². The van der Waals surface area contributed by atoms with E-state index in [-0.39, 0.29) is 12.6 Å². The zero-order valence-electron chi connectivity index (χ0n) is 9.57. The van der Waals surface area contributed by atoms with E-state index in [1.807, 2.05) is 20.8 Å². The van der Waals surface area contributed by atoms with E-state index in [1.165, 1.54) is 6.20 Å². The highest BCUT2D eigenvalue weighted by Crippen LogP contribution is 2.13. The Hall–Kier alpha value is -1.07. The number of halogens is 1. The van der Waals surface area contributed by atoms with Gasteiger partial charge < -0.3 is 10.4 Å². The molecule has 0 aliphatic rings. The predicted molar refractivity (Wildman–Crippen MR) is 61.7 cm³/mol. The summed E-state index contributed by atoms with van der Waals surface area (Å²) in [5, 5.41) is 16.6. The number of carboxylic acids is 1. The van der Waals surface area contributed by atoms with Crippen LogP contribution in [0.4, 0.5) is 0 Å². The van der Waals surface area contributed by atoms with Gasteiger partial charge in [-0.05, 0) is 6.92 Å². The number of hydrogen-bond acceptors (Lipinski definition) is 3. The van der Waals surface area contributed by atoms with Crippen LogP contribution in [0.2, 0.25) is 5.02 Å². The van der Waals surface area contributed by atoms with Gasteiger partial charge in [-0.15, -0.1) is 0 Å². The highest BCUT2D eigenvalue weighted by Gasteiger charge is 2.20. The topological polar surface area (TPSA) is 67.2 Å². The summed E-state index contributed by atoms with van der Waals surface area (Å²) in [6, 6.07) is -0.554. The lowest BCUT2D eigenvalue weighted by Gasteiger charge is -2.17. The molecule has 16 heavy (non-hydrogen) atoms. The van der Waals surface area contributed by atoms with Gasteiger partial charge in [-0.2, -0.15) is 5.10 Å². The zero-order valence-corrected chi connectivity index (χ0v) is 10.3. The first-order valence-corrected chi connectivity index (χ1v) is 5.46. The number of nitrogens with one attached hydrogen (secondary N) is 1. The van der Waals surface area contributed by atoms with Crippen LogP contribution in [0.3, 0.4) is 0 Å². The normalized spacial score (nSPS) is 13.1. The Morgan fingerprint density at radius 1 is 1.69 bits per heavy atom. The van der Waals surface area contributed by atoms with Crippen molar-refractivity contribution in [3.8, 4) is 0 Å². The standard InChI is InChI=1S/C10H16ClN3O2/c1-6(2)13-9(10(15)16)5-14-7(3)8(11)4-12-14/h4,6,9,13H,5H2,1-3H3,(H,15,16). The van der Waals surface area contributed by atoms with Crippen molar-refractivity contribution in [2.75, 3.05) is 0 Å². The molecule has 1 unspecified atom stereocenters. The molecule has 0 saturated heterocycles. The number of nitrogens with zero attached hydrogens (tertiary/aromatic N) is 2. The van der Waals surface area contributed by atoms with Crippen molar-refractivity contribution in [2.45, 2.75) is 39.4 Å². The first-order chi connectivity index (χ1) is 7.41. The van der Waals surface area contributed by atoms with Crippen LogP contribution in [0.1, 0.15) is 19.5 Å². The fourth-order valence-corrected chi connectivity index (χ4v) is 1.53. The Morgan fingerprint density at radius 2 is 2.31 bits per heavy atom. The van der Waals surface area contributed by atoms with Crippen molar-refractivity contribution in [3.63, 3.8) is 0 Å². The molecule has 2 N–H and O–H groups in total. The molecule has 0 aliphatic heterocycles. The van der Waals surface area contributed by atoms with Gasteiger partial charge in [0.25, 0.3) is 0 Å². The zero-order chi connectivity index (χ0) is 12.3. The van der Waals surface area contributed by atoms with Crippen LogP contribution in [-0.2, 0) is 11.3 Å². The van der Waals surface area contributed by atoms with Crippen molar-refractivity contribution in [1.29, 1.82) is 0 Å². The highest BCUT2D eigenvalue weighted by atomic mass is 35.5. The average Bonchev–Trinajstić information content (AvgIpc) is 2.47. The largest absolute Gasteiger partial charge is 0.480 e. The second-order valence-corrected chi connectivity index (χ2v) is 4.38. The molecule has 0 aliphatic carbocycles. The fourth-order valence-electron chi connectivity index (χ4n) is 1.39. The van der Waals surface area contributed by atoms with Crippen molar-refractivity contribution >= 4 is 17.6 Å². The van der Waals surface area contributed by atoms with Crippen LogP contribution in [-0.4, -0.2) is 32.9 Å². The van der Waals surface area contributed by atoms with E-state index in [0.29, 0.717) is 5.02 Å². The van der Waals surface area contributed by atoms with Crippen LogP contribution >= 0.6 is 11.6 Å². The molecule has 5 nitrogen and oxygen atoms in total. The average molecular weight is 246 g/mol. The van der Waals surface area contributed by atoms with Gasteiger partial charge in [0.1, 0.15) is 6.04 Å². The van der Waals surface area contributed by atoms with Gasteiger partial charge in [-0.1, -0.05) is 25.4 Å². The molecule has 1 atom stereocenters. The Kier molecular flexibility index (Phi) is 4.32. The third-order valence-corrected chi connectivity index (χ3v) is 2.60. The molecule has 0 bridgehead atoms. The number of carbonyl (C=O) groups is 1. The molecule has 6 heteroatoms. The van der Waals surface area contributed by atoms with Gasteiger partial charge in [-0.25, -0.2) is 0 Å². The smallest absolute Gasteiger partial charge is 0.322 e. The van der Waals surface area contributed by atoms with Gasteiger partial charge in [0.15, 0.2) is 0 Å². The van der Waals surface area contributed by atoms with E-state index in [9.17, 15) is 4.79 Å². The van der Waals surface area contributed by atoms with Gasteiger partial charge in [0.2, 0.25) is 0 Å². The Labute approximate surface area is 99.4 Å². The van der Waals surface area contributed by atoms with Crippen LogP contribution in [0.25, 0.3) is 0 Å². The fraction of sp³-hybridized carbons (Fsp3) is 0.600. The van der Waals surface area contributed by atoms with Crippen LogP contribution in [0, 0.1) is 6.92 Å². The lowest BCUT2D eigenvalue weighted by molar-refractivity contribution is -0.140. The first-order valence-electron chi connectivity index (χ1n) is 5.08. The quantitative estimate of drug-likeness (QED) is 0.821. The molecular formula is C10H16ClN3O2. The van der Waals surface area contributed by atoms with Gasteiger partial charge in [-0.3, -0.25) is 9.48 Å². The minimum atomic E-state index is -0.889. The monoisotopic (exact) mass is 245 g/mol. The maximum absolute atomic E-state index is 11.0. The molecule has 0 radical (unpaired) electrons. The van der Waals surface area contributed by atoms with Crippen molar-refractivity contribution < 1.29 is 9.90 Å². The molecule has 0 saturated carbocycles. The summed E-state index contributed by atoms with van der Waals surface area (Å²) in [5.74, 6) is -0.889. The van der Waals surface area contributed by atoms with Gasteiger partial charge in [0.05, 0.1) is 23.5 Å². The van der Waals surface area contributed by atoms with Gasteiger partial charge in [0, 0.05) is 6.04 Å². The Balaban J connectivity index is 2.76. The molecule has 0 spiro atoms. The van der Waals surface area contributed by atoms with Crippen molar-refractivity contribution in [1.82, 2.24) is 15.1 Å². The number of carboxylic acid groups (broad SMARTS) is 1. The first kappa shape index (κ1) is 13.0. The molecule has 90 valence electrons. The van der Waals surface area contributed by atoms with Crippen molar-refractivity contribution in [2.24, 2.45) is 0 Å². The molecule has 0 aromatic carbocycles. The summed E-state index contributed by atoms with van der Waals surface area (Å²) >= 11 is 5.85. The summed E-state index contributed by atoms with van der Waals surface area (Å²) in [6.45, 7) is 5.88. The van der Waals surface area contributed by atoms with E-state index in [0.717, 1.165) is 5.69 Å². The predicted octanol–water partition coefficient (Wildman–Crippen LogP) is 1.30. The summed E-state index contributed by atoms with van der Waals surface area (Å²) in [7, 11) is 0. The number of aromatic nitrogens is 2. The second kappa shape index (κ2) is 5.32. The molecule has 1 heterocycles. The Bertz CT molecular complexity index is 376. The molecule has 0 amide bonds. The van der Waals surface area contributed by atoms with E-state index in [1.54, 1.807) is 4.68 Å². The van der Waals surface area contributed by atoms with Crippen LogP contribution in [0.15, 0.2) is 6.20 Å². The lowest BCUT2D eigenvalue weighted by Crippen LogP contribution is -2.44. The molecule has 1 aromatic heterocycles. The van der Waals surface area contributed by atoms with Crippen molar-refractivity contribution in [3.05, 3.63) is 16.9 Å². The number of aliphatic carboxylic acids is 1. The minimum Gasteiger partial charge on any atom is -0.480 e. The maximum Gasteiger partial charge on any atom is 0.322 e. The molecule has 0 fully saturated rings. The summed E-state index contributed by atoms with van der Waals surface area (Å²) in [6.07, 6.45) is 1.52. The SMILES string of the molecule is Cc1c(Cl)cnn1CC(NC(C)C)C(=O)O. The molecular weight excluding hydrogens is 230 g/mol. The second-order valence-electron chi connectivity index (χ2n) is 3.97. The highest BCUT2D eigenvalue weighted by molar-refractivity contribution is 6.31. The molecule has 1 rings (SSSR count). The van der Waals surface area contributed by atoms with E-state index < -0.39 is 12.0 Å². The molecule has 1 aromatic rings. The minimum absolute atomic E-state index is 0.104. The van der Waals surface area contributed by atoms with E-state index >= 15 is 0 Å². The third kappa shape index (κ3) is 3.21. The van der Waals surface area contributed by atoms with E-state index in [4.69, 9.17) is 16.7 Å². The summed E-state index contributed by atoms with van der Waals surface area (Å²) in [5.41, 5.74) is 0.776. The number of rotatable bonds is 5. The van der Waals surface area contributed by atoms with E-state index in [2.05, 4.69) is 10.4 Å². The number of hydrogen-bond donors (Lipinski definition) is 2. The summed E-state index contributed by atoms with van der Waals surface area (Å²) < 4.78 is 1.59. The maximum atomic E-state index is 11.0. The Morgan fingerprint density at radius 3 is 2.69 bits per heavy atom. The van der Waals surface area contributed by atoms with Crippen LogP contribution < -0.4 is 5.32 Å². The lowest BCUT2D eigenvalue weighted by atomic mass is 10.2. The third-order valence-electron chi connectivity index (χ3n) is 2.23.